The highest BCUT2D eigenvalue weighted by molar-refractivity contribution is 5.68. The van der Waals surface area contributed by atoms with Crippen LogP contribution in [0, 0.1) is 19.8 Å². The van der Waals surface area contributed by atoms with Gasteiger partial charge in [0.15, 0.2) is 0 Å². The number of carbonyl (C=O) groups excluding carboxylic acids is 1. The molecule has 0 bridgehead atoms. The maximum absolute atomic E-state index is 12.2. The lowest BCUT2D eigenvalue weighted by atomic mass is 9.81. The fourth-order valence-corrected chi connectivity index (χ4v) is 3.09. The van der Waals surface area contributed by atoms with Crippen LogP contribution in [0.5, 0.6) is 0 Å². The molecule has 2 atom stereocenters. The first-order chi connectivity index (χ1) is 9.69. The zero-order chi connectivity index (χ0) is 15.8. The van der Waals surface area contributed by atoms with Crippen LogP contribution in [0.2, 0.25) is 0 Å². The monoisotopic (exact) mass is 294 g/mol. The van der Waals surface area contributed by atoms with Gasteiger partial charge in [-0.15, -0.1) is 0 Å². The number of likely N-dealkylation sites (tertiary alicyclic amines) is 1. The van der Waals surface area contributed by atoms with Crippen LogP contribution >= 0.6 is 0 Å². The van der Waals surface area contributed by atoms with Gasteiger partial charge >= 0.3 is 6.09 Å². The number of hydrogen-bond acceptors (Lipinski definition) is 4. The first-order valence-electron chi connectivity index (χ1n) is 7.59. The number of aryl methyl sites for hydroxylation is 2. The highest BCUT2D eigenvalue weighted by Crippen LogP contribution is 2.36. The largest absolute Gasteiger partial charge is 0.444 e. The normalized spacial score (nSPS) is 23.2. The number of ether oxygens (including phenoxy) is 1. The van der Waals surface area contributed by atoms with E-state index >= 15 is 0 Å². The summed E-state index contributed by atoms with van der Waals surface area (Å²) in [7, 11) is 0. The molecule has 1 aromatic heterocycles. The maximum atomic E-state index is 12.2. The SMILES string of the molecule is Cc1noc(C)c1C1CCN(C(=O)OC(C)(C)C)CC1C. The summed E-state index contributed by atoms with van der Waals surface area (Å²) in [6, 6.07) is 0. The molecule has 5 nitrogen and oxygen atoms in total. The minimum atomic E-state index is -0.446. The number of rotatable bonds is 1. The van der Waals surface area contributed by atoms with Gasteiger partial charge in [-0.25, -0.2) is 4.79 Å². The Morgan fingerprint density at radius 1 is 1.38 bits per heavy atom. The molecule has 1 aliphatic heterocycles. The van der Waals surface area contributed by atoms with Gasteiger partial charge in [-0.05, 0) is 52.9 Å². The van der Waals surface area contributed by atoms with Crippen molar-refractivity contribution < 1.29 is 14.1 Å². The van der Waals surface area contributed by atoms with E-state index in [0.29, 0.717) is 24.9 Å². The number of piperidine rings is 1. The predicted molar refractivity (Wildman–Crippen MR) is 80.3 cm³/mol. The Kier molecular flexibility index (Phi) is 4.30. The van der Waals surface area contributed by atoms with Crippen molar-refractivity contribution in [2.75, 3.05) is 13.1 Å². The molecule has 2 heterocycles. The first-order valence-corrected chi connectivity index (χ1v) is 7.59. The summed E-state index contributed by atoms with van der Waals surface area (Å²) >= 11 is 0. The lowest BCUT2D eigenvalue weighted by Gasteiger charge is -2.37. The quantitative estimate of drug-likeness (QED) is 0.793. The van der Waals surface area contributed by atoms with Gasteiger partial charge in [0, 0.05) is 18.7 Å². The van der Waals surface area contributed by atoms with Crippen molar-refractivity contribution in [1.29, 1.82) is 0 Å². The molecule has 21 heavy (non-hydrogen) atoms. The Morgan fingerprint density at radius 2 is 2.05 bits per heavy atom. The second kappa shape index (κ2) is 5.70. The maximum Gasteiger partial charge on any atom is 0.410 e. The zero-order valence-corrected chi connectivity index (χ0v) is 13.9. The number of carbonyl (C=O) groups is 1. The van der Waals surface area contributed by atoms with Crippen LogP contribution in [-0.2, 0) is 4.74 Å². The van der Waals surface area contributed by atoms with E-state index in [1.165, 1.54) is 5.56 Å². The van der Waals surface area contributed by atoms with Crippen molar-refractivity contribution in [3.05, 3.63) is 17.0 Å². The van der Waals surface area contributed by atoms with Gasteiger partial charge in [-0.1, -0.05) is 12.1 Å². The molecule has 2 rings (SSSR count). The summed E-state index contributed by atoms with van der Waals surface area (Å²) in [5.41, 5.74) is 1.74. The van der Waals surface area contributed by atoms with Gasteiger partial charge in [-0.3, -0.25) is 0 Å². The van der Waals surface area contributed by atoms with Gasteiger partial charge in [0.05, 0.1) is 5.69 Å². The van der Waals surface area contributed by atoms with Crippen LogP contribution < -0.4 is 0 Å². The van der Waals surface area contributed by atoms with E-state index in [0.717, 1.165) is 17.9 Å². The molecule has 0 N–H and O–H groups in total. The molecule has 0 radical (unpaired) electrons. The van der Waals surface area contributed by atoms with Crippen molar-refractivity contribution in [3.8, 4) is 0 Å². The molecule has 118 valence electrons. The van der Waals surface area contributed by atoms with Gasteiger partial charge in [-0.2, -0.15) is 0 Å². The number of aromatic nitrogens is 1. The summed E-state index contributed by atoms with van der Waals surface area (Å²) < 4.78 is 10.7. The predicted octanol–water partition coefficient (Wildman–Crippen LogP) is 3.65. The van der Waals surface area contributed by atoms with Crippen LogP contribution in [0.4, 0.5) is 4.79 Å². The smallest absolute Gasteiger partial charge is 0.410 e. The molecule has 2 unspecified atom stereocenters. The Morgan fingerprint density at radius 3 is 2.52 bits per heavy atom. The van der Waals surface area contributed by atoms with Gasteiger partial charge in [0.25, 0.3) is 0 Å². The highest BCUT2D eigenvalue weighted by atomic mass is 16.6. The fraction of sp³-hybridized carbons (Fsp3) is 0.750. The second-order valence-corrected chi connectivity index (χ2v) is 7.04. The van der Waals surface area contributed by atoms with Crippen LogP contribution in [-0.4, -0.2) is 34.8 Å². The molecular formula is C16H26N2O3. The second-order valence-electron chi connectivity index (χ2n) is 7.04. The van der Waals surface area contributed by atoms with Crippen molar-refractivity contribution in [2.24, 2.45) is 5.92 Å². The molecule has 0 spiro atoms. The van der Waals surface area contributed by atoms with Crippen LogP contribution in [0.25, 0.3) is 0 Å². The van der Waals surface area contributed by atoms with Crippen LogP contribution in [0.1, 0.15) is 57.1 Å². The van der Waals surface area contributed by atoms with E-state index in [1.54, 1.807) is 0 Å². The van der Waals surface area contributed by atoms with Gasteiger partial charge < -0.3 is 14.2 Å². The summed E-state index contributed by atoms with van der Waals surface area (Å²) in [5, 5.41) is 4.05. The third kappa shape index (κ3) is 3.57. The zero-order valence-electron chi connectivity index (χ0n) is 13.9. The van der Waals surface area contributed by atoms with Crippen molar-refractivity contribution >= 4 is 6.09 Å². The summed E-state index contributed by atoms with van der Waals surface area (Å²) in [6.45, 7) is 13.2. The molecular weight excluding hydrogens is 268 g/mol. The molecule has 1 saturated heterocycles. The molecule has 1 aliphatic rings. The third-order valence-electron chi connectivity index (χ3n) is 4.02. The Balaban J connectivity index is 2.04. The number of nitrogens with zero attached hydrogens (tertiary/aromatic N) is 2. The van der Waals surface area contributed by atoms with E-state index in [9.17, 15) is 4.79 Å². The fourth-order valence-electron chi connectivity index (χ4n) is 3.09. The standard InChI is InChI=1S/C16H26N2O3/c1-10-9-18(15(19)20-16(4,5)6)8-7-13(10)14-11(2)17-21-12(14)3/h10,13H,7-9H2,1-6H3. The number of amides is 1. The van der Waals surface area contributed by atoms with E-state index in [2.05, 4.69) is 12.1 Å². The average molecular weight is 294 g/mol. The Hall–Kier alpha value is -1.52. The summed E-state index contributed by atoms with van der Waals surface area (Å²) in [5.74, 6) is 1.66. The van der Waals surface area contributed by atoms with Crippen molar-refractivity contribution in [2.45, 2.75) is 59.5 Å². The van der Waals surface area contributed by atoms with E-state index < -0.39 is 5.60 Å². The minimum absolute atomic E-state index is 0.216. The van der Waals surface area contributed by atoms with E-state index in [4.69, 9.17) is 9.26 Å². The number of hydrogen-bond donors (Lipinski definition) is 0. The first kappa shape index (κ1) is 15.9. The van der Waals surface area contributed by atoms with Crippen LogP contribution in [0.3, 0.4) is 0 Å². The highest BCUT2D eigenvalue weighted by Gasteiger charge is 2.34. The average Bonchev–Trinajstić information content (AvgIpc) is 2.67. The van der Waals surface area contributed by atoms with Crippen LogP contribution in [0.15, 0.2) is 4.52 Å². The van der Waals surface area contributed by atoms with Crippen molar-refractivity contribution in [3.63, 3.8) is 0 Å². The Bertz CT molecular complexity index is 497. The third-order valence-corrected chi connectivity index (χ3v) is 4.02. The lowest BCUT2D eigenvalue weighted by molar-refractivity contribution is 0.0155. The van der Waals surface area contributed by atoms with E-state index in [1.807, 2.05) is 39.5 Å². The van der Waals surface area contributed by atoms with Crippen molar-refractivity contribution in [1.82, 2.24) is 10.1 Å². The lowest BCUT2D eigenvalue weighted by Crippen LogP contribution is -2.44. The van der Waals surface area contributed by atoms with E-state index in [-0.39, 0.29) is 6.09 Å². The molecule has 1 aromatic rings. The topological polar surface area (TPSA) is 55.6 Å². The molecule has 1 fully saturated rings. The molecule has 1 amide bonds. The molecule has 0 aliphatic carbocycles. The van der Waals surface area contributed by atoms with Gasteiger partial charge in [0.1, 0.15) is 11.4 Å². The Labute approximate surface area is 126 Å². The molecule has 0 aromatic carbocycles. The summed E-state index contributed by atoms with van der Waals surface area (Å²) in [6.07, 6.45) is 0.704. The summed E-state index contributed by atoms with van der Waals surface area (Å²) in [4.78, 5) is 14.0. The molecule has 0 saturated carbocycles. The van der Waals surface area contributed by atoms with Gasteiger partial charge in [0.2, 0.25) is 0 Å². The molecule has 5 heteroatoms. The minimum Gasteiger partial charge on any atom is -0.444 e.